The van der Waals surface area contributed by atoms with E-state index in [4.69, 9.17) is 0 Å². The van der Waals surface area contributed by atoms with Gasteiger partial charge in [-0.2, -0.15) is 0 Å². The van der Waals surface area contributed by atoms with Crippen LogP contribution in [0.3, 0.4) is 0 Å². The molecule has 0 radical (unpaired) electrons. The van der Waals surface area contributed by atoms with E-state index < -0.39 is 0 Å². The summed E-state index contributed by atoms with van der Waals surface area (Å²) in [7, 11) is 0. The molecule has 3 N–H and O–H groups in total. The van der Waals surface area contributed by atoms with Crippen molar-refractivity contribution in [3.05, 3.63) is 42.6 Å². The number of nitrogens with one attached hydrogen (secondary N) is 2. The van der Waals surface area contributed by atoms with Crippen molar-refractivity contribution in [1.29, 1.82) is 0 Å². The van der Waals surface area contributed by atoms with Crippen LogP contribution in [0.25, 0.3) is 0 Å². The van der Waals surface area contributed by atoms with Crippen molar-refractivity contribution in [3.63, 3.8) is 0 Å². The lowest BCUT2D eigenvalue weighted by Gasteiger charge is -2.27. The van der Waals surface area contributed by atoms with Gasteiger partial charge in [0.05, 0.1) is 14.5 Å². The SMILES string of the molecule is CCC1CCc2c(sc3c2C(=O)NC(c2cc(Br)c(O)c(Br)c2)N3)C1. The standard InChI is InChI=1S/C18H18Br2N2O2S/c1-2-8-3-4-10-13(5-8)25-18-14(10)17(24)21-16(22-18)9-6-11(19)15(23)12(20)7-9/h6-8,16,22-23H,2-5H2,1H3,(H,21,24). The van der Waals surface area contributed by atoms with E-state index in [1.54, 1.807) is 11.3 Å². The molecule has 1 aromatic heterocycles. The van der Waals surface area contributed by atoms with Gasteiger partial charge in [-0.05, 0) is 80.3 Å². The van der Waals surface area contributed by atoms with E-state index in [0.717, 1.165) is 34.9 Å². The molecule has 7 heteroatoms. The van der Waals surface area contributed by atoms with Gasteiger partial charge in [-0.25, -0.2) is 0 Å². The molecule has 2 heterocycles. The lowest BCUT2D eigenvalue weighted by atomic mass is 9.85. The number of anilines is 1. The molecule has 25 heavy (non-hydrogen) atoms. The maximum absolute atomic E-state index is 12.8. The van der Waals surface area contributed by atoms with Crippen LogP contribution in [-0.4, -0.2) is 11.0 Å². The quantitative estimate of drug-likeness (QED) is 0.537. The van der Waals surface area contributed by atoms with Crippen molar-refractivity contribution in [1.82, 2.24) is 5.32 Å². The van der Waals surface area contributed by atoms with Crippen LogP contribution in [0.15, 0.2) is 21.1 Å². The first kappa shape index (κ1) is 17.4. The van der Waals surface area contributed by atoms with E-state index in [9.17, 15) is 9.90 Å². The second kappa shape index (κ2) is 6.59. The topological polar surface area (TPSA) is 61.4 Å². The number of hydrogen-bond donors (Lipinski definition) is 3. The highest BCUT2D eigenvalue weighted by molar-refractivity contribution is 9.11. The zero-order valence-corrected chi connectivity index (χ0v) is 17.6. The Morgan fingerprint density at radius 1 is 1.28 bits per heavy atom. The van der Waals surface area contributed by atoms with Crippen molar-refractivity contribution in [2.75, 3.05) is 5.32 Å². The van der Waals surface area contributed by atoms with Crippen LogP contribution in [-0.2, 0) is 12.8 Å². The number of amides is 1. The smallest absolute Gasteiger partial charge is 0.256 e. The average Bonchev–Trinajstić information content (AvgIpc) is 2.96. The Hall–Kier alpha value is -1.05. The van der Waals surface area contributed by atoms with Crippen LogP contribution < -0.4 is 10.6 Å². The molecule has 1 aliphatic carbocycles. The molecule has 2 aliphatic rings. The number of phenolic OH excluding ortho intramolecular Hbond substituents is 1. The van der Waals surface area contributed by atoms with Gasteiger partial charge in [0.1, 0.15) is 16.9 Å². The average molecular weight is 486 g/mol. The minimum absolute atomic E-state index is 0.00785. The van der Waals surface area contributed by atoms with Gasteiger partial charge in [-0.1, -0.05) is 13.3 Å². The summed E-state index contributed by atoms with van der Waals surface area (Å²) in [5.74, 6) is 0.880. The lowest BCUT2D eigenvalue weighted by Crippen LogP contribution is -2.38. The molecule has 4 nitrogen and oxygen atoms in total. The van der Waals surface area contributed by atoms with Gasteiger partial charge < -0.3 is 15.7 Å². The molecule has 2 aromatic rings. The van der Waals surface area contributed by atoms with E-state index in [1.165, 1.54) is 23.3 Å². The molecule has 2 unspecified atom stereocenters. The largest absolute Gasteiger partial charge is 0.506 e. The first-order chi connectivity index (χ1) is 12.0. The number of halogens is 2. The Morgan fingerprint density at radius 3 is 2.68 bits per heavy atom. The van der Waals surface area contributed by atoms with E-state index in [2.05, 4.69) is 49.4 Å². The number of fused-ring (bicyclic) bond motifs is 3. The Morgan fingerprint density at radius 2 is 2.00 bits per heavy atom. The number of phenols is 1. The van der Waals surface area contributed by atoms with Gasteiger partial charge in [-0.15, -0.1) is 11.3 Å². The summed E-state index contributed by atoms with van der Waals surface area (Å²) < 4.78 is 1.19. The molecule has 1 aromatic carbocycles. The number of rotatable bonds is 2. The summed E-state index contributed by atoms with van der Waals surface area (Å²) in [5.41, 5.74) is 2.96. The molecule has 0 fully saturated rings. The normalized spacial score (nSPS) is 22.0. The molecule has 1 aliphatic heterocycles. The van der Waals surface area contributed by atoms with Crippen molar-refractivity contribution in [2.24, 2.45) is 5.92 Å². The molecule has 0 saturated heterocycles. The van der Waals surface area contributed by atoms with Crippen LogP contribution in [0, 0.1) is 5.92 Å². The van der Waals surface area contributed by atoms with Crippen molar-refractivity contribution in [3.8, 4) is 5.75 Å². The van der Waals surface area contributed by atoms with Crippen LogP contribution in [0.1, 0.15) is 52.3 Å². The number of carbonyl (C=O) groups excluding carboxylic acids is 1. The fourth-order valence-corrected chi connectivity index (χ4v) is 6.24. The first-order valence-corrected chi connectivity index (χ1v) is 10.8. The summed E-state index contributed by atoms with van der Waals surface area (Å²) in [6.45, 7) is 2.24. The highest BCUT2D eigenvalue weighted by Gasteiger charge is 2.33. The summed E-state index contributed by atoms with van der Waals surface area (Å²) >= 11 is 8.43. The molecule has 0 saturated carbocycles. The molecule has 0 bridgehead atoms. The predicted octanol–water partition coefficient (Wildman–Crippen LogP) is 5.35. The first-order valence-electron chi connectivity index (χ1n) is 8.37. The second-order valence-corrected chi connectivity index (χ2v) is 9.42. The lowest BCUT2D eigenvalue weighted by molar-refractivity contribution is 0.0935. The highest BCUT2D eigenvalue weighted by atomic mass is 79.9. The third-order valence-corrected chi connectivity index (χ3v) is 7.49. The van der Waals surface area contributed by atoms with E-state index in [-0.39, 0.29) is 17.8 Å². The van der Waals surface area contributed by atoms with Crippen LogP contribution >= 0.6 is 43.2 Å². The summed E-state index contributed by atoms with van der Waals surface area (Å²) in [4.78, 5) is 14.1. The van der Waals surface area contributed by atoms with Gasteiger partial charge in [0.2, 0.25) is 0 Å². The molecule has 132 valence electrons. The van der Waals surface area contributed by atoms with Gasteiger partial charge in [0, 0.05) is 4.88 Å². The Balaban J connectivity index is 1.68. The van der Waals surface area contributed by atoms with Crippen molar-refractivity contribution < 1.29 is 9.90 Å². The molecular weight excluding hydrogens is 468 g/mol. The number of hydrogen-bond acceptors (Lipinski definition) is 4. The third-order valence-electron chi connectivity index (χ3n) is 5.10. The number of carbonyl (C=O) groups is 1. The van der Waals surface area contributed by atoms with E-state index in [1.807, 2.05) is 12.1 Å². The van der Waals surface area contributed by atoms with Crippen LogP contribution in [0.4, 0.5) is 5.00 Å². The summed E-state index contributed by atoms with van der Waals surface area (Å²) in [5, 5.41) is 17.4. The second-order valence-electron chi connectivity index (χ2n) is 6.61. The maximum Gasteiger partial charge on any atom is 0.256 e. The molecule has 1 amide bonds. The Kier molecular flexibility index (Phi) is 4.58. The Labute approximate surface area is 167 Å². The van der Waals surface area contributed by atoms with Crippen molar-refractivity contribution >= 4 is 54.1 Å². The third kappa shape index (κ3) is 3.00. The van der Waals surface area contributed by atoms with E-state index >= 15 is 0 Å². The Bertz CT molecular complexity index is 842. The van der Waals surface area contributed by atoms with Gasteiger partial charge in [-0.3, -0.25) is 4.79 Å². The number of aromatic hydroxyl groups is 1. The van der Waals surface area contributed by atoms with Gasteiger partial charge in [0.15, 0.2) is 0 Å². The summed E-state index contributed by atoms with van der Waals surface area (Å²) in [6.07, 6.45) is 4.13. The van der Waals surface area contributed by atoms with Crippen LogP contribution in [0.2, 0.25) is 0 Å². The molecule has 2 atom stereocenters. The fraction of sp³-hybridized carbons (Fsp3) is 0.389. The summed E-state index contributed by atoms with van der Waals surface area (Å²) in [6, 6.07) is 3.65. The monoisotopic (exact) mass is 484 g/mol. The minimum atomic E-state index is -0.310. The number of thiophene rings is 1. The zero-order valence-electron chi connectivity index (χ0n) is 13.7. The highest BCUT2D eigenvalue weighted by Crippen LogP contribution is 2.44. The van der Waals surface area contributed by atoms with Crippen molar-refractivity contribution in [2.45, 2.75) is 38.8 Å². The zero-order chi connectivity index (χ0) is 17.7. The van der Waals surface area contributed by atoms with Gasteiger partial charge >= 0.3 is 0 Å². The van der Waals surface area contributed by atoms with E-state index in [0.29, 0.717) is 8.95 Å². The molecule has 0 spiro atoms. The maximum atomic E-state index is 12.8. The predicted molar refractivity (Wildman–Crippen MR) is 107 cm³/mol. The minimum Gasteiger partial charge on any atom is -0.506 e. The van der Waals surface area contributed by atoms with Gasteiger partial charge in [0.25, 0.3) is 5.91 Å². The molecular formula is C18H18Br2N2O2S. The fourth-order valence-electron chi connectivity index (χ4n) is 3.63. The number of benzene rings is 1. The molecule has 4 rings (SSSR count). The van der Waals surface area contributed by atoms with Crippen LogP contribution in [0.5, 0.6) is 5.75 Å².